The van der Waals surface area contributed by atoms with Gasteiger partial charge in [-0.25, -0.2) is 4.98 Å². The van der Waals surface area contributed by atoms with Gasteiger partial charge in [-0.2, -0.15) is 0 Å². The van der Waals surface area contributed by atoms with E-state index in [4.69, 9.17) is 8.83 Å². The second kappa shape index (κ2) is 6.52. The summed E-state index contributed by atoms with van der Waals surface area (Å²) in [6, 6.07) is 13.3. The molecule has 0 aliphatic carbocycles. The van der Waals surface area contributed by atoms with Gasteiger partial charge in [0, 0.05) is 12.6 Å². The zero-order valence-corrected chi connectivity index (χ0v) is 13.2. The Kier molecular flexibility index (Phi) is 4.28. The molecule has 0 bridgehead atoms. The number of carbonyl (C=O) groups excluding carboxylic acids is 1. The molecule has 0 aliphatic heterocycles. The molecule has 1 aromatic carbocycles. The fourth-order valence-corrected chi connectivity index (χ4v) is 2.30. The van der Waals surface area contributed by atoms with Crippen LogP contribution in [0.4, 0.5) is 0 Å². The average Bonchev–Trinajstić information content (AvgIpc) is 3.18. The first-order valence-corrected chi connectivity index (χ1v) is 7.41. The van der Waals surface area contributed by atoms with E-state index in [9.17, 15) is 4.79 Å². The number of benzene rings is 1. The zero-order chi connectivity index (χ0) is 16.2. The Labute approximate surface area is 134 Å². The van der Waals surface area contributed by atoms with Crippen molar-refractivity contribution < 1.29 is 13.6 Å². The van der Waals surface area contributed by atoms with Crippen LogP contribution in [0.25, 0.3) is 11.5 Å². The van der Waals surface area contributed by atoms with Crippen LogP contribution in [0.2, 0.25) is 0 Å². The number of hydrogen-bond acceptors (Lipinski definition) is 4. The van der Waals surface area contributed by atoms with Gasteiger partial charge in [-0.3, -0.25) is 4.79 Å². The minimum Gasteiger partial charge on any atom is -0.467 e. The van der Waals surface area contributed by atoms with Crippen molar-refractivity contribution in [1.82, 2.24) is 9.88 Å². The maximum Gasteiger partial charge on any atom is 0.228 e. The number of aromatic nitrogens is 1. The van der Waals surface area contributed by atoms with Crippen LogP contribution in [0.1, 0.15) is 17.2 Å². The van der Waals surface area contributed by atoms with Crippen LogP contribution in [-0.4, -0.2) is 22.8 Å². The molecule has 0 unspecified atom stereocenters. The van der Waals surface area contributed by atoms with Gasteiger partial charge in [-0.15, -0.1) is 0 Å². The van der Waals surface area contributed by atoms with Gasteiger partial charge in [-0.1, -0.05) is 18.2 Å². The highest BCUT2D eigenvalue weighted by Gasteiger charge is 2.17. The number of oxazole rings is 1. The van der Waals surface area contributed by atoms with E-state index in [2.05, 4.69) is 4.98 Å². The van der Waals surface area contributed by atoms with Crippen LogP contribution in [-0.2, 0) is 17.8 Å². The van der Waals surface area contributed by atoms with Crippen LogP contribution in [0, 0.1) is 6.92 Å². The summed E-state index contributed by atoms with van der Waals surface area (Å²) in [6.45, 7) is 2.27. The molecule has 0 N–H and O–H groups in total. The number of rotatable bonds is 5. The Morgan fingerprint density at radius 3 is 2.65 bits per heavy atom. The highest BCUT2D eigenvalue weighted by atomic mass is 16.4. The summed E-state index contributed by atoms with van der Waals surface area (Å²) in [5.74, 6) is 1.93. The van der Waals surface area contributed by atoms with Gasteiger partial charge >= 0.3 is 0 Å². The first-order valence-electron chi connectivity index (χ1n) is 7.41. The van der Waals surface area contributed by atoms with Crippen molar-refractivity contribution in [3.8, 4) is 11.5 Å². The van der Waals surface area contributed by atoms with Crippen LogP contribution < -0.4 is 0 Å². The van der Waals surface area contributed by atoms with Gasteiger partial charge in [0.25, 0.3) is 0 Å². The van der Waals surface area contributed by atoms with Crippen molar-refractivity contribution >= 4 is 5.91 Å². The first kappa shape index (κ1) is 15.1. The smallest absolute Gasteiger partial charge is 0.228 e. The highest BCUT2D eigenvalue weighted by molar-refractivity contribution is 5.78. The topological polar surface area (TPSA) is 59.5 Å². The lowest BCUT2D eigenvalue weighted by Crippen LogP contribution is -2.27. The Hall–Kier alpha value is -2.82. The van der Waals surface area contributed by atoms with Crippen molar-refractivity contribution in [3.63, 3.8) is 0 Å². The molecule has 23 heavy (non-hydrogen) atoms. The molecule has 3 rings (SSSR count). The lowest BCUT2D eigenvalue weighted by molar-refractivity contribution is -0.130. The molecule has 0 radical (unpaired) electrons. The Morgan fingerprint density at radius 1 is 1.17 bits per heavy atom. The Morgan fingerprint density at radius 2 is 1.96 bits per heavy atom. The summed E-state index contributed by atoms with van der Waals surface area (Å²) in [5.41, 5.74) is 1.57. The van der Waals surface area contributed by atoms with Gasteiger partial charge in [0.1, 0.15) is 11.5 Å². The highest BCUT2D eigenvalue weighted by Crippen LogP contribution is 2.22. The van der Waals surface area contributed by atoms with Gasteiger partial charge in [-0.05, 0) is 31.2 Å². The Balaban J connectivity index is 1.70. The molecule has 0 saturated heterocycles. The second-order valence-corrected chi connectivity index (χ2v) is 5.39. The number of aryl methyl sites for hydroxylation is 1. The summed E-state index contributed by atoms with van der Waals surface area (Å²) < 4.78 is 10.9. The van der Waals surface area contributed by atoms with E-state index >= 15 is 0 Å². The van der Waals surface area contributed by atoms with E-state index in [1.165, 1.54) is 0 Å². The van der Waals surface area contributed by atoms with Gasteiger partial charge < -0.3 is 13.7 Å². The Bertz CT molecular complexity index is 776. The van der Waals surface area contributed by atoms with Crippen molar-refractivity contribution in [1.29, 1.82) is 0 Å². The summed E-state index contributed by atoms with van der Waals surface area (Å²) in [4.78, 5) is 18.4. The molecule has 2 heterocycles. The molecule has 118 valence electrons. The molecule has 0 saturated carbocycles. The SMILES string of the molecule is Cc1oc(-c2ccccc2)nc1CC(=O)N(C)Cc1ccco1. The minimum absolute atomic E-state index is 0.0302. The summed E-state index contributed by atoms with van der Waals surface area (Å²) >= 11 is 0. The number of likely N-dealkylation sites (N-methyl/N-ethyl adjacent to an activating group) is 1. The van der Waals surface area contributed by atoms with E-state index in [-0.39, 0.29) is 12.3 Å². The van der Waals surface area contributed by atoms with Crippen LogP contribution in [0.15, 0.2) is 57.6 Å². The summed E-state index contributed by atoms with van der Waals surface area (Å²) in [6.07, 6.45) is 1.81. The largest absolute Gasteiger partial charge is 0.467 e. The molecule has 0 spiro atoms. The maximum absolute atomic E-state index is 12.3. The second-order valence-electron chi connectivity index (χ2n) is 5.39. The van der Waals surface area contributed by atoms with Crippen molar-refractivity contribution in [2.45, 2.75) is 19.9 Å². The fraction of sp³-hybridized carbons (Fsp3) is 0.222. The molecular formula is C18H18N2O3. The van der Waals surface area contributed by atoms with Crippen LogP contribution in [0.5, 0.6) is 0 Å². The van der Waals surface area contributed by atoms with E-state index < -0.39 is 0 Å². The molecule has 0 aliphatic rings. The number of hydrogen-bond donors (Lipinski definition) is 0. The van der Waals surface area contributed by atoms with E-state index in [0.717, 1.165) is 11.3 Å². The number of amides is 1. The standard InChI is InChI=1S/C18H18N2O3/c1-13-16(19-18(23-13)14-7-4-3-5-8-14)11-17(21)20(2)12-15-9-6-10-22-15/h3-10H,11-12H2,1-2H3. The summed E-state index contributed by atoms with van der Waals surface area (Å²) in [5, 5.41) is 0. The van der Waals surface area contributed by atoms with E-state index in [1.807, 2.05) is 49.4 Å². The third-order valence-electron chi connectivity index (χ3n) is 3.63. The predicted molar refractivity (Wildman–Crippen MR) is 85.6 cm³/mol. The van der Waals surface area contributed by atoms with Gasteiger partial charge in [0.15, 0.2) is 0 Å². The van der Waals surface area contributed by atoms with Crippen LogP contribution >= 0.6 is 0 Å². The quantitative estimate of drug-likeness (QED) is 0.724. The van der Waals surface area contributed by atoms with E-state index in [0.29, 0.717) is 23.9 Å². The molecule has 1 amide bonds. The maximum atomic E-state index is 12.3. The molecule has 2 aromatic heterocycles. The molecule has 5 nitrogen and oxygen atoms in total. The van der Waals surface area contributed by atoms with Crippen LogP contribution in [0.3, 0.4) is 0 Å². The number of furan rings is 1. The molecule has 0 atom stereocenters. The number of nitrogens with zero attached hydrogens (tertiary/aromatic N) is 2. The lowest BCUT2D eigenvalue weighted by atomic mass is 10.2. The van der Waals surface area contributed by atoms with Gasteiger partial charge in [0.05, 0.1) is 24.9 Å². The molecule has 3 aromatic rings. The molecular weight excluding hydrogens is 292 g/mol. The normalized spacial score (nSPS) is 10.7. The molecule has 5 heteroatoms. The summed E-state index contributed by atoms with van der Waals surface area (Å²) in [7, 11) is 1.75. The van der Waals surface area contributed by atoms with Crippen molar-refractivity contribution in [2.24, 2.45) is 0 Å². The first-order chi connectivity index (χ1) is 11.1. The predicted octanol–water partition coefficient (Wildman–Crippen LogP) is 3.44. The van der Waals surface area contributed by atoms with Crippen molar-refractivity contribution in [2.75, 3.05) is 7.05 Å². The molecule has 0 fully saturated rings. The zero-order valence-electron chi connectivity index (χ0n) is 13.2. The lowest BCUT2D eigenvalue weighted by Gasteiger charge is -2.14. The minimum atomic E-state index is -0.0302. The monoisotopic (exact) mass is 310 g/mol. The van der Waals surface area contributed by atoms with E-state index in [1.54, 1.807) is 18.2 Å². The van der Waals surface area contributed by atoms with Gasteiger partial charge in [0.2, 0.25) is 11.8 Å². The van der Waals surface area contributed by atoms with Crippen molar-refractivity contribution in [3.05, 3.63) is 65.9 Å². The third kappa shape index (κ3) is 3.51. The third-order valence-corrected chi connectivity index (χ3v) is 3.63. The fourth-order valence-electron chi connectivity index (χ4n) is 2.30. The number of carbonyl (C=O) groups is 1. The average molecular weight is 310 g/mol.